The molecule has 0 unspecified atom stereocenters. The number of aryl methyl sites for hydroxylation is 1. The van der Waals surface area contributed by atoms with Crippen molar-refractivity contribution in [1.29, 1.82) is 0 Å². The summed E-state index contributed by atoms with van der Waals surface area (Å²) in [4.78, 5) is 4.43. The van der Waals surface area contributed by atoms with E-state index in [4.69, 9.17) is 9.47 Å². The summed E-state index contributed by atoms with van der Waals surface area (Å²) in [6, 6.07) is 2.23. The highest BCUT2D eigenvalue weighted by Gasteiger charge is 2.21. The summed E-state index contributed by atoms with van der Waals surface area (Å²) in [7, 11) is 1.68. The van der Waals surface area contributed by atoms with E-state index in [9.17, 15) is 0 Å². The van der Waals surface area contributed by atoms with Gasteiger partial charge in [0.05, 0.1) is 25.0 Å². The molecule has 1 fully saturated rings. The molecule has 0 saturated carbocycles. The Morgan fingerprint density at radius 3 is 2.96 bits per heavy atom. The van der Waals surface area contributed by atoms with E-state index >= 15 is 0 Å². The van der Waals surface area contributed by atoms with Crippen molar-refractivity contribution < 1.29 is 9.47 Å². The zero-order valence-corrected chi connectivity index (χ0v) is 15.4. The maximum Gasteiger partial charge on any atom is 0.179 e. The zero-order valence-electron chi connectivity index (χ0n) is 14.6. The van der Waals surface area contributed by atoms with Gasteiger partial charge < -0.3 is 14.0 Å². The van der Waals surface area contributed by atoms with Crippen molar-refractivity contribution in [3.63, 3.8) is 0 Å². The molecule has 2 aliphatic rings. The fraction of sp³-hybridized carbons (Fsp3) is 0.588. The minimum absolute atomic E-state index is 0.350. The number of hydrogen-bond donors (Lipinski definition) is 2. The maximum atomic E-state index is 5.79. The molecule has 1 aromatic rings. The highest BCUT2D eigenvalue weighted by molar-refractivity contribution is 8.16. The highest BCUT2D eigenvalue weighted by atomic mass is 32.2. The van der Waals surface area contributed by atoms with Crippen LogP contribution in [0.3, 0.4) is 0 Å². The van der Waals surface area contributed by atoms with Crippen LogP contribution in [-0.4, -0.2) is 42.7 Å². The third kappa shape index (κ3) is 3.96. The van der Waals surface area contributed by atoms with Gasteiger partial charge in [-0.25, -0.2) is 0 Å². The van der Waals surface area contributed by atoms with Gasteiger partial charge in [0.15, 0.2) is 5.17 Å². The lowest BCUT2D eigenvalue weighted by molar-refractivity contribution is 0.0962. The Labute approximate surface area is 147 Å². The van der Waals surface area contributed by atoms with E-state index in [0.29, 0.717) is 19.3 Å². The van der Waals surface area contributed by atoms with Crippen molar-refractivity contribution in [1.82, 2.24) is 15.4 Å². The lowest BCUT2D eigenvalue weighted by atomic mass is 10.2. The number of hydrogen-bond acceptors (Lipinski definition) is 5. The predicted octanol–water partition coefficient (Wildman–Crippen LogP) is 2.43. The molecule has 0 amide bonds. The highest BCUT2D eigenvalue weighted by Crippen LogP contribution is 2.27. The van der Waals surface area contributed by atoms with Gasteiger partial charge in [-0.05, 0) is 32.8 Å². The fourth-order valence-corrected chi connectivity index (χ4v) is 3.78. The second-order valence-corrected chi connectivity index (χ2v) is 6.97. The molecule has 1 saturated heterocycles. The average molecular weight is 350 g/mol. The number of amidine groups is 1. The van der Waals surface area contributed by atoms with Gasteiger partial charge in [0.2, 0.25) is 0 Å². The van der Waals surface area contributed by atoms with Crippen molar-refractivity contribution in [2.75, 3.05) is 26.9 Å². The number of thioether (sulfide) groups is 1. The number of nitrogens with zero attached hydrogens (tertiary/aromatic N) is 2. The van der Waals surface area contributed by atoms with E-state index in [2.05, 4.69) is 45.7 Å². The molecule has 3 rings (SSSR count). The first-order chi connectivity index (χ1) is 11.7. The minimum atomic E-state index is 0.350. The number of aromatic nitrogens is 1. The van der Waals surface area contributed by atoms with Crippen LogP contribution in [0.15, 0.2) is 16.5 Å². The first-order valence-electron chi connectivity index (χ1n) is 8.40. The van der Waals surface area contributed by atoms with Crippen molar-refractivity contribution >= 4 is 22.6 Å². The number of rotatable bonds is 6. The van der Waals surface area contributed by atoms with E-state index < -0.39 is 0 Å². The molecule has 0 radical (unpaired) electrons. The molecule has 1 aromatic heterocycles. The summed E-state index contributed by atoms with van der Waals surface area (Å²) in [5.41, 5.74) is 11.3. The third-order valence-corrected chi connectivity index (χ3v) is 5.23. The molecule has 7 heteroatoms. The molecular formula is C17H26N4O2S. The quantitative estimate of drug-likeness (QED) is 0.772. The Bertz CT molecular complexity index is 633. The smallest absolute Gasteiger partial charge is 0.179 e. The first kappa shape index (κ1) is 17.4. The monoisotopic (exact) mass is 350 g/mol. The average Bonchev–Trinajstić information content (AvgIpc) is 3.20. The largest absolute Gasteiger partial charge is 0.383 e. The van der Waals surface area contributed by atoms with Gasteiger partial charge in [-0.3, -0.25) is 15.8 Å². The molecule has 3 heterocycles. The van der Waals surface area contributed by atoms with Crippen LogP contribution in [0.25, 0.3) is 5.70 Å². The van der Waals surface area contributed by atoms with Crippen molar-refractivity contribution in [3.8, 4) is 0 Å². The van der Waals surface area contributed by atoms with Gasteiger partial charge >= 0.3 is 0 Å². The molecule has 0 bridgehead atoms. The zero-order chi connectivity index (χ0) is 16.9. The van der Waals surface area contributed by atoms with Gasteiger partial charge in [-0.2, -0.15) is 0 Å². The van der Waals surface area contributed by atoms with Gasteiger partial charge in [-0.15, -0.1) is 0 Å². The minimum Gasteiger partial charge on any atom is -0.383 e. The molecule has 24 heavy (non-hydrogen) atoms. The number of ether oxygens (including phenoxy) is 2. The molecule has 6 nitrogen and oxygen atoms in total. The van der Waals surface area contributed by atoms with Crippen molar-refractivity contribution in [3.05, 3.63) is 28.4 Å². The molecule has 132 valence electrons. The Hall–Kier alpha value is -1.44. The van der Waals surface area contributed by atoms with E-state index in [0.717, 1.165) is 30.4 Å². The van der Waals surface area contributed by atoms with Gasteiger partial charge in [-0.1, -0.05) is 11.8 Å². The normalized spacial score (nSPS) is 22.4. The lowest BCUT2D eigenvalue weighted by Crippen LogP contribution is -2.37. The molecular weight excluding hydrogens is 324 g/mol. The number of aliphatic imine (C=N–C) groups is 1. The molecule has 1 atom stereocenters. The molecule has 2 N–H and O–H groups in total. The van der Waals surface area contributed by atoms with Crippen molar-refractivity contribution in [2.45, 2.75) is 39.3 Å². The topological polar surface area (TPSA) is 59.8 Å². The molecule has 0 aliphatic carbocycles. The predicted molar refractivity (Wildman–Crippen MR) is 98.9 cm³/mol. The van der Waals surface area contributed by atoms with Crippen molar-refractivity contribution in [2.24, 2.45) is 4.99 Å². The fourth-order valence-electron chi connectivity index (χ4n) is 3.09. The SMILES string of the molecule is COCCN=C1NNC(c2cc(C)n(C[C@H]3CCCO3)c2C)=CS1. The standard InChI is InChI=1S/C17H26N4O2S/c1-12-9-15(13(2)21(12)10-14-5-4-7-23-14)16-11-24-17(20-19-16)18-6-8-22-3/h9,11,14,19H,4-8,10H2,1-3H3,(H,18,20)/t14-/m1/s1. The number of nitrogens with one attached hydrogen (secondary N) is 2. The van der Waals surface area contributed by atoms with Crippen LogP contribution in [0.4, 0.5) is 0 Å². The maximum absolute atomic E-state index is 5.79. The summed E-state index contributed by atoms with van der Waals surface area (Å²) < 4.78 is 13.2. The van der Waals surface area contributed by atoms with E-state index in [1.165, 1.54) is 23.4 Å². The van der Waals surface area contributed by atoms with Gasteiger partial charge in [0.1, 0.15) is 0 Å². The summed E-state index contributed by atoms with van der Waals surface area (Å²) in [6.45, 7) is 7.46. The van der Waals surface area contributed by atoms with Crippen LogP contribution < -0.4 is 10.9 Å². The molecule has 0 spiro atoms. The second kappa shape index (κ2) is 8.09. The Balaban J connectivity index is 1.70. The second-order valence-electron chi connectivity index (χ2n) is 6.11. The third-order valence-electron chi connectivity index (χ3n) is 4.42. The van der Waals surface area contributed by atoms with Crippen LogP contribution in [0.5, 0.6) is 0 Å². The van der Waals surface area contributed by atoms with Crippen LogP contribution in [0.2, 0.25) is 0 Å². The number of methoxy groups -OCH3 is 1. The Kier molecular flexibility index (Phi) is 5.86. The number of hydrazine groups is 1. The molecule has 2 aliphatic heterocycles. The summed E-state index contributed by atoms with van der Waals surface area (Å²) in [5, 5.41) is 2.98. The Morgan fingerprint density at radius 1 is 1.42 bits per heavy atom. The van der Waals surface area contributed by atoms with Crippen LogP contribution in [0.1, 0.15) is 29.8 Å². The lowest BCUT2D eigenvalue weighted by Gasteiger charge is -2.19. The van der Waals surface area contributed by atoms with E-state index in [1.54, 1.807) is 18.9 Å². The molecule has 0 aromatic carbocycles. The van der Waals surface area contributed by atoms with Crippen LogP contribution in [0, 0.1) is 13.8 Å². The summed E-state index contributed by atoms with van der Waals surface area (Å²) in [6.07, 6.45) is 2.68. The van der Waals surface area contributed by atoms with Gasteiger partial charge in [0.25, 0.3) is 0 Å². The van der Waals surface area contributed by atoms with E-state index in [-0.39, 0.29) is 0 Å². The van der Waals surface area contributed by atoms with Gasteiger partial charge in [0, 0.05) is 42.6 Å². The van der Waals surface area contributed by atoms with Crippen LogP contribution in [-0.2, 0) is 16.0 Å². The summed E-state index contributed by atoms with van der Waals surface area (Å²) in [5.74, 6) is 0. The Morgan fingerprint density at radius 2 is 2.29 bits per heavy atom. The summed E-state index contributed by atoms with van der Waals surface area (Å²) >= 11 is 1.60. The first-order valence-corrected chi connectivity index (χ1v) is 9.28. The van der Waals surface area contributed by atoms with Crippen LogP contribution >= 0.6 is 11.8 Å². The van der Waals surface area contributed by atoms with E-state index in [1.807, 2.05) is 0 Å².